The Hall–Kier alpha value is -1.91. The number of ketones is 1. The van der Waals surface area contributed by atoms with Gasteiger partial charge >= 0.3 is 6.09 Å². The molecule has 4 nitrogen and oxygen atoms in total. The van der Waals surface area contributed by atoms with E-state index in [0.717, 1.165) is 12.8 Å². The Kier molecular flexibility index (Phi) is 6.53. The second kappa shape index (κ2) is 7.92. The first-order chi connectivity index (χ1) is 10.2. The average molecular weight is 309 g/mol. The van der Waals surface area contributed by atoms with Gasteiger partial charge in [-0.05, 0) is 51.5 Å². The minimum Gasteiger partial charge on any atom is -0.444 e. The third-order valence-electron chi connectivity index (χ3n) is 2.93. The maximum Gasteiger partial charge on any atom is 0.410 e. The summed E-state index contributed by atoms with van der Waals surface area (Å²) in [5.74, 6) is -0.631. The van der Waals surface area contributed by atoms with Crippen molar-refractivity contribution in [1.29, 1.82) is 0 Å². The molecular formula is C17H24FNO3. The fourth-order valence-corrected chi connectivity index (χ4v) is 1.81. The van der Waals surface area contributed by atoms with E-state index >= 15 is 0 Å². The summed E-state index contributed by atoms with van der Waals surface area (Å²) in [5.41, 5.74) is -0.230. The zero-order valence-electron chi connectivity index (χ0n) is 13.7. The molecule has 1 aromatic carbocycles. The average Bonchev–Trinajstić information content (AvgIpc) is 2.42. The van der Waals surface area contributed by atoms with Gasteiger partial charge in [0.2, 0.25) is 0 Å². The molecule has 0 bridgehead atoms. The molecule has 122 valence electrons. The molecule has 0 aliphatic heterocycles. The van der Waals surface area contributed by atoms with Crippen LogP contribution in [0.5, 0.6) is 0 Å². The molecule has 0 heterocycles. The number of halogens is 1. The maximum absolute atomic E-state index is 12.9. The van der Waals surface area contributed by atoms with Gasteiger partial charge in [-0.15, -0.1) is 0 Å². The maximum atomic E-state index is 12.9. The van der Waals surface area contributed by atoms with Gasteiger partial charge in [0, 0.05) is 12.1 Å². The highest BCUT2D eigenvalue weighted by Crippen LogP contribution is 2.12. The highest BCUT2D eigenvalue weighted by atomic mass is 19.1. The second-order valence-electron chi connectivity index (χ2n) is 6.19. The number of benzene rings is 1. The Labute approximate surface area is 131 Å². The van der Waals surface area contributed by atoms with Crippen molar-refractivity contribution in [3.63, 3.8) is 0 Å². The predicted molar refractivity (Wildman–Crippen MR) is 83.4 cm³/mol. The number of carbonyl (C=O) groups is 2. The van der Waals surface area contributed by atoms with Crippen LogP contribution in [0.25, 0.3) is 0 Å². The zero-order valence-corrected chi connectivity index (χ0v) is 13.7. The fraction of sp³-hybridized carbons (Fsp3) is 0.529. The smallest absolute Gasteiger partial charge is 0.410 e. The summed E-state index contributed by atoms with van der Waals surface area (Å²) >= 11 is 0. The van der Waals surface area contributed by atoms with Crippen LogP contribution >= 0.6 is 0 Å². The summed E-state index contributed by atoms with van der Waals surface area (Å²) in [6.07, 6.45) is 1.19. The first-order valence-corrected chi connectivity index (χ1v) is 7.49. The van der Waals surface area contributed by atoms with E-state index in [-0.39, 0.29) is 12.3 Å². The third kappa shape index (κ3) is 6.24. The summed E-state index contributed by atoms with van der Waals surface area (Å²) in [6.45, 7) is 7.74. The lowest BCUT2D eigenvalue weighted by Gasteiger charge is -2.27. The number of unbranched alkanes of at least 4 members (excludes halogenated alkanes) is 1. The topological polar surface area (TPSA) is 46.6 Å². The normalized spacial score (nSPS) is 11.1. The lowest BCUT2D eigenvalue weighted by atomic mass is 10.1. The van der Waals surface area contributed by atoms with Crippen molar-refractivity contribution in [1.82, 2.24) is 4.90 Å². The van der Waals surface area contributed by atoms with Crippen molar-refractivity contribution >= 4 is 11.9 Å². The summed E-state index contributed by atoms with van der Waals surface area (Å²) in [6, 6.07) is 5.31. The molecule has 0 aromatic heterocycles. The van der Waals surface area contributed by atoms with Gasteiger partial charge in [-0.1, -0.05) is 13.3 Å². The molecule has 0 saturated carbocycles. The first kappa shape index (κ1) is 18.1. The van der Waals surface area contributed by atoms with Crippen LogP contribution in [0.4, 0.5) is 9.18 Å². The van der Waals surface area contributed by atoms with Crippen molar-refractivity contribution in [2.75, 3.05) is 13.1 Å². The molecule has 0 radical (unpaired) electrons. The molecule has 0 N–H and O–H groups in total. The predicted octanol–water partition coefficient (Wildman–Crippen LogP) is 4.05. The van der Waals surface area contributed by atoms with E-state index in [1.165, 1.54) is 29.2 Å². The van der Waals surface area contributed by atoms with E-state index in [0.29, 0.717) is 12.1 Å². The molecule has 0 aliphatic carbocycles. The van der Waals surface area contributed by atoms with Crippen molar-refractivity contribution in [2.45, 2.75) is 46.1 Å². The van der Waals surface area contributed by atoms with Crippen LogP contribution < -0.4 is 0 Å². The number of carbonyl (C=O) groups excluding carboxylic acids is 2. The van der Waals surface area contributed by atoms with Crippen LogP contribution in [0.2, 0.25) is 0 Å². The molecule has 22 heavy (non-hydrogen) atoms. The molecule has 0 fully saturated rings. The molecule has 0 unspecified atom stereocenters. The fourth-order valence-electron chi connectivity index (χ4n) is 1.81. The quantitative estimate of drug-likeness (QED) is 0.745. The standard InChI is InChI=1S/C17H24FNO3/c1-5-6-11-19(16(21)22-17(2,3)4)12-15(20)13-7-9-14(18)10-8-13/h7-10H,5-6,11-12H2,1-4H3. The van der Waals surface area contributed by atoms with E-state index in [2.05, 4.69) is 0 Å². The van der Waals surface area contributed by atoms with Gasteiger partial charge in [-0.25, -0.2) is 9.18 Å². The van der Waals surface area contributed by atoms with E-state index in [4.69, 9.17) is 4.74 Å². The van der Waals surface area contributed by atoms with Crippen LogP contribution in [0.15, 0.2) is 24.3 Å². The Bertz CT molecular complexity index is 506. The van der Waals surface area contributed by atoms with Crippen molar-refractivity contribution < 1.29 is 18.7 Å². The molecule has 0 saturated heterocycles. The van der Waals surface area contributed by atoms with Crippen molar-refractivity contribution in [3.8, 4) is 0 Å². The Balaban J connectivity index is 2.77. The number of amides is 1. The number of ether oxygens (including phenoxy) is 1. The molecule has 0 aliphatic rings. The first-order valence-electron chi connectivity index (χ1n) is 7.49. The van der Waals surface area contributed by atoms with Gasteiger partial charge in [0.15, 0.2) is 5.78 Å². The van der Waals surface area contributed by atoms with Crippen molar-refractivity contribution in [2.24, 2.45) is 0 Å². The summed E-state index contributed by atoms with van der Waals surface area (Å²) in [5, 5.41) is 0. The third-order valence-corrected chi connectivity index (χ3v) is 2.93. The van der Waals surface area contributed by atoms with Gasteiger partial charge < -0.3 is 9.64 Å². The van der Waals surface area contributed by atoms with Gasteiger partial charge in [-0.2, -0.15) is 0 Å². The number of Topliss-reactive ketones (excluding diaryl/α,β-unsaturated/α-hetero) is 1. The molecule has 1 aromatic rings. The van der Waals surface area contributed by atoms with Crippen LogP contribution in [0, 0.1) is 5.82 Å². The Morgan fingerprint density at radius 2 is 1.77 bits per heavy atom. The van der Waals surface area contributed by atoms with Crippen molar-refractivity contribution in [3.05, 3.63) is 35.6 Å². The highest BCUT2D eigenvalue weighted by Gasteiger charge is 2.24. The van der Waals surface area contributed by atoms with Gasteiger partial charge in [-0.3, -0.25) is 4.79 Å². The minimum absolute atomic E-state index is 0.0689. The number of hydrogen-bond acceptors (Lipinski definition) is 3. The van der Waals surface area contributed by atoms with Crippen LogP contribution in [0.3, 0.4) is 0 Å². The largest absolute Gasteiger partial charge is 0.444 e. The van der Waals surface area contributed by atoms with Crippen LogP contribution in [0.1, 0.15) is 50.9 Å². The minimum atomic E-state index is -0.611. The van der Waals surface area contributed by atoms with E-state index < -0.39 is 17.5 Å². The highest BCUT2D eigenvalue weighted by molar-refractivity contribution is 5.98. The number of nitrogens with zero attached hydrogens (tertiary/aromatic N) is 1. The molecule has 0 atom stereocenters. The second-order valence-corrected chi connectivity index (χ2v) is 6.19. The summed E-state index contributed by atoms with van der Waals surface area (Å²) in [4.78, 5) is 25.8. The SMILES string of the molecule is CCCCN(CC(=O)c1ccc(F)cc1)C(=O)OC(C)(C)C. The molecular weight excluding hydrogens is 285 g/mol. The molecule has 1 amide bonds. The van der Waals surface area contributed by atoms with E-state index in [1.54, 1.807) is 20.8 Å². The Morgan fingerprint density at radius 1 is 1.18 bits per heavy atom. The van der Waals surface area contributed by atoms with Gasteiger partial charge in [0.25, 0.3) is 0 Å². The van der Waals surface area contributed by atoms with Crippen LogP contribution in [-0.4, -0.2) is 35.5 Å². The Morgan fingerprint density at radius 3 is 2.27 bits per heavy atom. The molecule has 0 spiro atoms. The van der Waals surface area contributed by atoms with Gasteiger partial charge in [0.05, 0.1) is 6.54 Å². The summed E-state index contributed by atoms with van der Waals surface area (Å²) in [7, 11) is 0. The van der Waals surface area contributed by atoms with Crippen LogP contribution in [-0.2, 0) is 4.74 Å². The lowest BCUT2D eigenvalue weighted by Crippen LogP contribution is -2.40. The number of rotatable bonds is 6. The van der Waals surface area contributed by atoms with E-state index in [1.807, 2.05) is 6.92 Å². The summed E-state index contributed by atoms with van der Waals surface area (Å²) < 4.78 is 18.2. The zero-order chi connectivity index (χ0) is 16.8. The molecule has 5 heteroatoms. The monoisotopic (exact) mass is 309 g/mol. The van der Waals surface area contributed by atoms with E-state index in [9.17, 15) is 14.0 Å². The lowest BCUT2D eigenvalue weighted by molar-refractivity contribution is 0.0245. The number of hydrogen-bond donors (Lipinski definition) is 0. The van der Waals surface area contributed by atoms with Gasteiger partial charge in [0.1, 0.15) is 11.4 Å². The molecule has 1 rings (SSSR count).